The van der Waals surface area contributed by atoms with Gasteiger partial charge in [0.15, 0.2) is 0 Å². The molecule has 0 fully saturated rings. The maximum absolute atomic E-state index is 13.6. The lowest BCUT2D eigenvalue weighted by molar-refractivity contribution is -0.140. The quantitative estimate of drug-likeness (QED) is 0.498. The first-order chi connectivity index (χ1) is 17.0. The average molecular weight is 508 g/mol. The third kappa shape index (κ3) is 6.32. The molecule has 2 amide bonds. The standard InChI is InChI=1S/C27H33N3O5Si/c1-5-35-21-10-11-22-18(16-21)13-14-30(24(31)7-6-8-25(32)33)26(22)27(34)29-20-9-12-23(36(2,3)4)19(15-20)17-28/h9-12,15-16,26H,5-8,13-14H2,1-4H3,(H,29,34)(H,32,33)/t26-/m1/s1. The van der Waals surface area contributed by atoms with Crippen molar-refractivity contribution in [1.82, 2.24) is 4.90 Å². The lowest BCUT2D eigenvalue weighted by atomic mass is 9.91. The molecule has 8 nitrogen and oxygen atoms in total. The fraction of sp³-hybridized carbons (Fsp3) is 0.407. The zero-order chi connectivity index (χ0) is 26.5. The van der Waals surface area contributed by atoms with Crippen molar-refractivity contribution in [3.8, 4) is 11.8 Å². The molecule has 0 spiro atoms. The second-order valence-electron chi connectivity index (χ2n) is 9.89. The van der Waals surface area contributed by atoms with Crippen molar-refractivity contribution < 1.29 is 24.2 Å². The first kappa shape index (κ1) is 27.0. The van der Waals surface area contributed by atoms with Crippen molar-refractivity contribution in [2.24, 2.45) is 0 Å². The molecule has 0 bridgehead atoms. The van der Waals surface area contributed by atoms with E-state index < -0.39 is 20.1 Å². The van der Waals surface area contributed by atoms with Crippen molar-refractivity contribution in [2.45, 2.75) is 58.3 Å². The van der Waals surface area contributed by atoms with Crippen LogP contribution in [-0.4, -0.2) is 49.0 Å². The fourth-order valence-corrected chi connectivity index (χ4v) is 6.04. The van der Waals surface area contributed by atoms with Crippen LogP contribution in [0.1, 0.15) is 48.9 Å². The number of nitrogens with zero attached hydrogens (tertiary/aromatic N) is 2. The SMILES string of the molecule is CCOc1ccc2c(c1)CCN(C(=O)CCCC(=O)O)[C@H]2C(=O)Nc1ccc([Si](C)(C)C)c(C#N)c1. The molecule has 1 aliphatic heterocycles. The Kier molecular flexibility index (Phi) is 8.53. The number of carboxylic acid groups (broad SMARTS) is 1. The van der Waals surface area contributed by atoms with Crippen LogP contribution >= 0.6 is 0 Å². The number of carboxylic acids is 1. The zero-order valence-electron chi connectivity index (χ0n) is 21.3. The van der Waals surface area contributed by atoms with Gasteiger partial charge in [0.1, 0.15) is 11.8 Å². The Morgan fingerprint density at radius 2 is 1.92 bits per heavy atom. The van der Waals surface area contributed by atoms with Crippen LogP contribution in [0.15, 0.2) is 36.4 Å². The smallest absolute Gasteiger partial charge is 0.303 e. The van der Waals surface area contributed by atoms with Crippen LogP contribution in [0.5, 0.6) is 5.75 Å². The lowest BCUT2D eigenvalue weighted by Crippen LogP contribution is -2.45. The van der Waals surface area contributed by atoms with E-state index in [9.17, 15) is 19.6 Å². The molecular weight excluding hydrogens is 474 g/mol. The van der Waals surface area contributed by atoms with Crippen LogP contribution < -0.4 is 15.2 Å². The predicted molar refractivity (Wildman–Crippen MR) is 140 cm³/mol. The minimum Gasteiger partial charge on any atom is -0.494 e. The lowest BCUT2D eigenvalue weighted by Gasteiger charge is -2.36. The second-order valence-corrected chi connectivity index (χ2v) is 14.9. The monoisotopic (exact) mass is 507 g/mol. The van der Waals surface area contributed by atoms with E-state index in [1.54, 1.807) is 18.2 Å². The van der Waals surface area contributed by atoms with E-state index in [0.717, 1.165) is 10.8 Å². The van der Waals surface area contributed by atoms with E-state index in [0.29, 0.717) is 42.1 Å². The van der Waals surface area contributed by atoms with Gasteiger partial charge in [-0.3, -0.25) is 14.4 Å². The number of nitriles is 1. The number of carbonyl (C=O) groups excluding carboxylic acids is 2. The summed E-state index contributed by atoms with van der Waals surface area (Å²) in [5, 5.41) is 22.5. The molecule has 0 aromatic heterocycles. The molecule has 2 N–H and O–H groups in total. The van der Waals surface area contributed by atoms with Crippen LogP contribution in [0.2, 0.25) is 19.6 Å². The Morgan fingerprint density at radius 1 is 1.17 bits per heavy atom. The fourth-order valence-electron chi connectivity index (χ4n) is 4.52. The van der Waals surface area contributed by atoms with Gasteiger partial charge < -0.3 is 20.1 Å². The Labute approximate surface area is 212 Å². The Morgan fingerprint density at radius 3 is 2.56 bits per heavy atom. The molecular formula is C27H33N3O5Si. The second kappa shape index (κ2) is 11.4. The molecule has 0 saturated carbocycles. The van der Waals surface area contributed by atoms with Gasteiger partial charge in [-0.15, -0.1) is 0 Å². The number of anilines is 1. The molecule has 190 valence electrons. The van der Waals surface area contributed by atoms with Gasteiger partial charge in [-0.25, -0.2) is 0 Å². The number of rotatable bonds is 9. The molecule has 9 heteroatoms. The number of hydrogen-bond acceptors (Lipinski definition) is 5. The highest BCUT2D eigenvalue weighted by molar-refractivity contribution is 6.89. The highest BCUT2D eigenvalue weighted by Gasteiger charge is 2.36. The minimum absolute atomic E-state index is 0.0476. The van der Waals surface area contributed by atoms with Crippen molar-refractivity contribution in [1.29, 1.82) is 5.26 Å². The van der Waals surface area contributed by atoms with Crippen LogP contribution in [0, 0.1) is 11.3 Å². The summed E-state index contributed by atoms with van der Waals surface area (Å²) in [4.78, 5) is 39.1. The van der Waals surface area contributed by atoms with E-state index in [4.69, 9.17) is 9.84 Å². The third-order valence-electron chi connectivity index (χ3n) is 6.22. The molecule has 1 heterocycles. The van der Waals surface area contributed by atoms with Crippen LogP contribution in [0.4, 0.5) is 5.69 Å². The summed E-state index contributed by atoms with van der Waals surface area (Å²) in [6.45, 7) is 9.23. The maximum atomic E-state index is 13.6. The van der Waals surface area contributed by atoms with Gasteiger partial charge in [-0.1, -0.05) is 31.8 Å². The van der Waals surface area contributed by atoms with Crippen LogP contribution in [-0.2, 0) is 20.8 Å². The number of hydrogen-bond donors (Lipinski definition) is 2. The molecule has 0 saturated heterocycles. The van der Waals surface area contributed by atoms with Gasteiger partial charge in [0.25, 0.3) is 5.91 Å². The number of amides is 2. The van der Waals surface area contributed by atoms with E-state index in [1.807, 2.05) is 25.1 Å². The zero-order valence-corrected chi connectivity index (χ0v) is 22.3. The number of carbonyl (C=O) groups is 3. The first-order valence-electron chi connectivity index (χ1n) is 12.2. The van der Waals surface area contributed by atoms with Gasteiger partial charge >= 0.3 is 5.97 Å². The van der Waals surface area contributed by atoms with Gasteiger partial charge in [-0.05, 0) is 60.3 Å². The molecule has 1 aliphatic rings. The van der Waals surface area contributed by atoms with Crippen molar-refractivity contribution >= 4 is 36.7 Å². The van der Waals surface area contributed by atoms with Crippen LogP contribution in [0.3, 0.4) is 0 Å². The van der Waals surface area contributed by atoms with Gasteiger partial charge in [0.05, 0.1) is 26.3 Å². The molecule has 0 unspecified atom stereocenters. The van der Waals surface area contributed by atoms with Gasteiger partial charge in [0.2, 0.25) is 5.91 Å². The van der Waals surface area contributed by atoms with E-state index in [-0.39, 0.29) is 31.1 Å². The first-order valence-corrected chi connectivity index (χ1v) is 15.7. The summed E-state index contributed by atoms with van der Waals surface area (Å²) in [5.74, 6) is -0.893. The molecule has 0 radical (unpaired) electrons. The highest BCUT2D eigenvalue weighted by Crippen LogP contribution is 2.34. The van der Waals surface area contributed by atoms with Crippen molar-refractivity contribution in [3.63, 3.8) is 0 Å². The Hall–Kier alpha value is -3.64. The Balaban J connectivity index is 1.93. The van der Waals surface area contributed by atoms with Crippen molar-refractivity contribution in [2.75, 3.05) is 18.5 Å². The highest BCUT2D eigenvalue weighted by atomic mass is 28.3. The van der Waals surface area contributed by atoms with E-state index >= 15 is 0 Å². The third-order valence-corrected chi connectivity index (χ3v) is 8.27. The number of fused-ring (bicyclic) bond motifs is 1. The maximum Gasteiger partial charge on any atom is 0.303 e. The molecule has 0 aliphatic carbocycles. The average Bonchev–Trinajstić information content (AvgIpc) is 2.82. The molecule has 1 atom stereocenters. The van der Waals surface area contributed by atoms with Crippen molar-refractivity contribution in [3.05, 3.63) is 53.1 Å². The van der Waals surface area contributed by atoms with Crippen LogP contribution in [0.25, 0.3) is 0 Å². The molecule has 2 aromatic carbocycles. The summed E-state index contributed by atoms with van der Waals surface area (Å²) in [6.07, 6.45) is 0.712. The number of nitrogens with one attached hydrogen (secondary N) is 1. The number of benzene rings is 2. The summed E-state index contributed by atoms with van der Waals surface area (Å²) < 4.78 is 5.61. The number of ether oxygens (including phenoxy) is 1. The summed E-state index contributed by atoms with van der Waals surface area (Å²) in [7, 11) is -1.74. The summed E-state index contributed by atoms with van der Waals surface area (Å²) in [5.41, 5.74) is 2.68. The van der Waals surface area contributed by atoms with E-state index in [1.165, 1.54) is 4.90 Å². The molecule has 3 rings (SSSR count). The normalized spacial score (nSPS) is 15.0. The Bertz CT molecular complexity index is 1200. The predicted octanol–water partition coefficient (Wildman–Crippen LogP) is 3.82. The molecule has 2 aromatic rings. The van der Waals surface area contributed by atoms with Gasteiger partial charge in [0, 0.05) is 25.1 Å². The topological polar surface area (TPSA) is 120 Å². The van der Waals surface area contributed by atoms with Gasteiger partial charge in [-0.2, -0.15) is 5.26 Å². The number of aliphatic carboxylic acids is 1. The summed E-state index contributed by atoms with van der Waals surface area (Å²) in [6, 6.07) is 12.3. The van der Waals surface area contributed by atoms with E-state index in [2.05, 4.69) is 31.0 Å². The largest absolute Gasteiger partial charge is 0.494 e. The minimum atomic E-state index is -1.74. The summed E-state index contributed by atoms with van der Waals surface area (Å²) >= 11 is 0. The molecule has 36 heavy (non-hydrogen) atoms.